The van der Waals surface area contributed by atoms with Crippen molar-refractivity contribution in [1.29, 1.82) is 0 Å². The Hall–Kier alpha value is -1.89. The lowest BCUT2D eigenvalue weighted by Crippen LogP contribution is -1.99. The van der Waals surface area contributed by atoms with E-state index in [2.05, 4.69) is 50.2 Å². The average molecular weight is 421 g/mol. The van der Waals surface area contributed by atoms with E-state index < -0.39 is 0 Å². The molecule has 0 amide bonds. The Labute approximate surface area is 191 Å². The van der Waals surface area contributed by atoms with E-state index in [0.717, 1.165) is 18.4 Å². The molecule has 0 aromatic heterocycles. The number of carbonyl (C=O) groups is 1. The van der Waals surface area contributed by atoms with Gasteiger partial charge >= 0.3 is 0 Å². The van der Waals surface area contributed by atoms with Crippen LogP contribution in [-0.4, -0.2) is 5.78 Å². The summed E-state index contributed by atoms with van der Waals surface area (Å²) in [6.07, 6.45) is 19.0. The summed E-state index contributed by atoms with van der Waals surface area (Å²) in [5.74, 6) is 0.296. The first-order chi connectivity index (χ1) is 15.2. The van der Waals surface area contributed by atoms with Crippen LogP contribution in [0.25, 0.3) is 0 Å². The number of benzene rings is 2. The van der Waals surface area contributed by atoms with Crippen molar-refractivity contribution in [3.05, 3.63) is 70.8 Å². The Morgan fingerprint density at radius 1 is 0.581 bits per heavy atom. The zero-order valence-electron chi connectivity index (χ0n) is 20.1. The molecule has 0 aliphatic carbocycles. The summed E-state index contributed by atoms with van der Waals surface area (Å²) in [5.41, 5.74) is 4.74. The van der Waals surface area contributed by atoms with Crippen molar-refractivity contribution >= 4 is 5.78 Å². The third-order valence-electron chi connectivity index (χ3n) is 6.31. The van der Waals surface area contributed by atoms with Gasteiger partial charge < -0.3 is 0 Å². The molecule has 0 saturated heterocycles. The van der Waals surface area contributed by atoms with Crippen molar-refractivity contribution in [3.8, 4) is 0 Å². The van der Waals surface area contributed by atoms with Gasteiger partial charge in [-0.15, -0.1) is 0 Å². The SMILES string of the molecule is CCCCCCCCCCCCCCCC(=O)c1ccc(Cc2ccc(C)cc2)cc1. The van der Waals surface area contributed by atoms with Gasteiger partial charge in [-0.05, 0) is 30.9 Å². The molecule has 0 spiro atoms. The molecule has 0 radical (unpaired) electrons. The lowest BCUT2D eigenvalue weighted by atomic mass is 9.99. The lowest BCUT2D eigenvalue weighted by Gasteiger charge is -2.06. The van der Waals surface area contributed by atoms with Crippen LogP contribution in [0.15, 0.2) is 48.5 Å². The Morgan fingerprint density at radius 2 is 1.00 bits per heavy atom. The van der Waals surface area contributed by atoms with Crippen molar-refractivity contribution < 1.29 is 4.79 Å². The Balaban J connectivity index is 1.50. The number of Topliss-reactive ketones (excluding diaryl/α,β-unsaturated/α-hetero) is 1. The van der Waals surface area contributed by atoms with Crippen molar-refractivity contribution in [2.75, 3.05) is 0 Å². The molecular formula is C30H44O. The normalized spacial score (nSPS) is 11.0. The average Bonchev–Trinajstić information content (AvgIpc) is 2.79. The monoisotopic (exact) mass is 420 g/mol. The summed E-state index contributed by atoms with van der Waals surface area (Å²) < 4.78 is 0. The molecule has 170 valence electrons. The fourth-order valence-corrected chi connectivity index (χ4v) is 4.20. The van der Waals surface area contributed by atoms with Crippen LogP contribution >= 0.6 is 0 Å². The van der Waals surface area contributed by atoms with Gasteiger partial charge in [-0.25, -0.2) is 0 Å². The molecule has 2 rings (SSSR count). The summed E-state index contributed by atoms with van der Waals surface area (Å²) in [7, 11) is 0. The molecule has 0 atom stereocenters. The molecule has 0 bridgehead atoms. The second kappa shape index (κ2) is 15.8. The van der Waals surface area contributed by atoms with Gasteiger partial charge in [0.15, 0.2) is 5.78 Å². The van der Waals surface area contributed by atoms with Gasteiger partial charge in [0.2, 0.25) is 0 Å². The van der Waals surface area contributed by atoms with Crippen LogP contribution in [-0.2, 0) is 6.42 Å². The van der Waals surface area contributed by atoms with E-state index >= 15 is 0 Å². The highest BCUT2D eigenvalue weighted by atomic mass is 16.1. The van der Waals surface area contributed by atoms with Gasteiger partial charge in [0, 0.05) is 12.0 Å². The number of hydrogen-bond acceptors (Lipinski definition) is 1. The van der Waals surface area contributed by atoms with Crippen LogP contribution in [0, 0.1) is 6.92 Å². The maximum atomic E-state index is 12.5. The fraction of sp³-hybridized carbons (Fsp3) is 0.567. The van der Waals surface area contributed by atoms with E-state index in [1.807, 2.05) is 12.1 Å². The van der Waals surface area contributed by atoms with E-state index in [9.17, 15) is 4.79 Å². The molecule has 0 saturated carbocycles. The van der Waals surface area contributed by atoms with Crippen molar-refractivity contribution in [1.82, 2.24) is 0 Å². The van der Waals surface area contributed by atoms with Crippen molar-refractivity contribution in [2.45, 2.75) is 110 Å². The van der Waals surface area contributed by atoms with Gasteiger partial charge in [-0.2, -0.15) is 0 Å². The number of carbonyl (C=O) groups excluding carboxylic acids is 1. The first-order valence-electron chi connectivity index (χ1n) is 12.9. The maximum absolute atomic E-state index is 12.5. The summed E-state index contributed by atoms with van der Waals surface area (Å²) in [6, 6.07) is 16.9. The molecule has 2 aromatic rings. The van der Waals surface area contributed by atoms with Crippen LogP contribution in [0.4, 0.5) is 0 Å². The van der Waals surface area contributed by atoms with Crippen LogP contribution < -0.4 is 0 Å². The molecule has 0 fully saturated rings. The molecule has 0 aliphatic heterocycles. The van der Waals surface area contributed by atoms with Gasteiger partial charge in [-0.3, -0.25) is 4.79 Å². The number of aryl methyl sites for hydroxylation is 1. The number of ketones is 1. The number of hydrogen-bond donors (Lipinski definition) is 0. The number of rotatable bonds is 17. The molecule has 1 nitrogen and oxygen atoms in total. The largest absolute Gasteiger partial charge is 0.294 e. The highest BCUT2D eigenvalue weighted by Gasteiger charge is 2.06. The number of unbranched alkanes of at least 4 members (excludes halogenated alkanes) is 12. The standard InChI is InChI=1S/C30H44O/c1-3-4-5-6-7-8-9-10-11-12-13-14-15-16-30(31)29-23-21-28(22-24-29)25-27-19-17-26(2)18-20-27/h17-24H,3-16,25H2,1-2H3. The van der Waals surface area contributed by atoms with Gasteiger partial charge in [0.05, 0.1) is 0 Å². The third kappa shape index (κ3) is 11.3. The van der Waals surface area contributed by atoms with E-state index in [1.54, 1.807) is 0 Å². The van der Waals surface area contributed by atoms with Crippen LogP contribution in [0.3, 0.4) is 0 Å². The predicted octanol–water partition coefficient (Wildman–Crippen LogP) is 9.25. The lowest BCUT2D eigenvalue weighted by molar-refractivity contribution is 0.0979. The summed E-state index contributed by atoms with van der Waals surface area (Å²) in [6.45, 7) is 4.39. The van der Waals surface area contributed by atoms with E-state index in [4.69, 9.17) is 0 Å². The van der Waals surface area contributed by atoms with Gasteiger partial charge in [0.1, 0.15) is 0 Å². The summed E-state index contributed by atoms with van der Waals surface area (Å²) in [5, 5.41) is 0. The van der Waals surface area contributed by atoms with Crippen molar-refractivity contribution in [3.63, 3.8) is 0 Å². The fourth-order valence-electron chi connectivity index (χ4n) is 4.20. The molecule has 0 N–H and O–H groups in total. The van der Waals surface area contributed by atoms with E-state index in [-0.39, 0.29) is 0 Å². The molecule has 1 heteroatoms. The van der Waals surface area contributed by atoms with Gasteiger partial charge in [0.25, 0.3) is 0 Å². The Morgan fingerprint density at radius 3 is 1.48 bits per heavy atom. The topological polar surface area (TPSA) is 17.1 Å². The second-order valence-corrected chi connectivity index (χ2v) is 9.28. The molecule has 2 aromatic carbocycles. The molecule has 0 heterocycles. The summed E-state index contributed by atoms with van der Waals surface area (Å²) in [4.78, 5) is 12.5. The molecule has 0 unspecified atom stereocenters. The van der Waals surface area contributed by atoms with Gasteiger partial charge in [-0.1, -0.05) is 138 Å². The Bertz CT molecular complexity index is 711. The first kappa shape index (κ1) is 25.4. The van der Waals surface area contributed by atoms with Crippen LogP contribution in [0.5, 0.6) is 0 Å². The zero-order chi connectivity index (χ0) is 22.2. The minimum Gasteiger partial charge on any atom is -0.294 e. The third-order valence-corrected chi connectivity index (χ3v) is 6.31. The minimum atomic E-state index is 0.296. The zero-order valence-corrected chi connectivity index (χ0v) is 20.1. The predicted molar refractivity (Wildman–Crippen MR) is 135 cm³/mol. The minimum absolute atomic E-state index is 0.296. The first-order valence-corrected chi connectivity index (χ1v) is 12.9. The summed E-state index contributed by atoms with van der Waals surface area (Å²) >= 11 is 0. The van der Waals surface area contributed by atoms with E-state index in [0.29, 0.717) is 12.2 Å². The molecule has 0 aliphatic rings. The molecular weight excluding hydrogens is 376 g/mol. The van der Waals surface area contributed by atoms with Crippen LogP contribution in [0.1, 0.15) is 124 Å². The van der Waals surface area contributed by atoms with Crippen LogP contribution in [0.2, 0.25) is 0 Å². The molecule has 31 heavy (non-hydrogen) atoms. The Kier molecular flexibility index (Phi) is 13.0. The van der Waals surface area contributed by atoms with E-state index in [1.165, 1.54) is 93.7 Å². The highest BCUT2D eigenvalue weighted by molar-refractivity contribution is 5.96. The maximum Gasteiger partial charge on any atom is 0.162 e. The second-order valence-electron chi connectivity index (χ2n) is 9.28. The quantitative estimate of drug-likeness (QED) is 0.184. The smallest absolute Gasteiger partial charge is 0.162 e. The van der Waals surface area contributed by atoms with Crippen molar-refractivity contribution in [2.24, 2.45) is 0 Å². The highest BCUT2D eigenvalue weighted by Crippen LogP contribution is 2.16.